The molecule has 2 unspecified atom stereocenters. The van der Waals surface area contributed by atoms with Gasteiger partial charge in [0.25, 0.3) is 0 Å². The fourth-order valence-electron chi connectivity index (χ4n) is 3.52. The van der Waals surface area contributed by atoms with Crippen LogP contribution in [0.1, 0.15) is 31.2 Å². The molecule has 0 radical (unpaired) electrons. The maximum absolute atomic E-state index is 12.0. The lowest BCUT2D eigenvalue weighted by molar-refractivity contribution is 0.0623. The molecule has 1 aromatic heterocycles. The molecule has 2 fully saturated rings. The first-order valence-electron chi connectivity index (χ1n) is 9.50. The van der Waals surface area contributed by atoms with Crippen LogP contribution in [0.4, 0.5) is 4.79 Å². The molecule has 0 bridgehead atoms. The number of carbonyl (C=O) groups excluding carboxylic acids is 1. The molecule has 2 atom stereocenters. The second-order valence-corrected chi connectivity index (χ2v) is 7.03. The lowest BCUT2D eigenvalue weighted by Crippen LogP contribution is -2.44. The van der Waals surface area contributed by atoms with Gasteiger partial charge >= 0.3 is 6.09 Å². The minimum absolute atomic E-state index is 0.0860. The summed E-state index contributed by atoms with van der Waals surface area (Å²) in [6, 6.07) is 0.347. The zero-order chi connectivity index (χ0) is 18.2. The molecule has 0 aliphatic carbocycles. The molecule has 1 amide bonds. The number of ether oxygens (including phenoxy) is 3. The van der Waals surface area contributed by atoms with Crippen LogP contribution in [0.3, 0.4) is 0 Å². The Morgan fingerprint density at radius 1 is 1.42 bits per heavy atom. The van der Waals surface area contributed by atoms with E-state index in [1.807, 2.05) is 10.9 Å². The lowest BCUT2D eigenvalue weighted by Gasteiger charge is -2.35. The van der Waals surface area contributed by atoms with Crippen molar-refractivity contribution in [2.45, 2.75) is 50.9 Å². The number of likely N-dealkylation sites (tertiary alicyclic amines) is 1. The number of piperidine rings is 1. The van der Waals surface area contributed by atoms with Gasteiger partial charge in [-0.05, 0) is 25.8 Å². The summed E-state index contributed by atoms with van der Waals surface area (Å²) >= 11 is 0. The van der Waals surface area contributed by atoms with E-state index in [4.69, 9.17) is 14.2 Å². The van der Waals surface area contributed by atoms with Crippen LogP contribution in [0.5, 0.6) is 0 Å². The van der Waals surface area contributed by atoms with Crippen LogP contribution in [-0.4, -0.2) is 72.9 Å². The predicted molar refractivity (Wildman–Crippen MR) is 95.9 cm³/mol. The molecule has 0 aromatic carbocycles. The van der Waals surface area contributed by atoms with Crippen molar-refractivity contribution in [2.24, 2.45) is 0 Å². The average Bonchev–Trinajstić information content (AvgIpc) is 3.31. The van der Waals surface area contributed by atoms with Gasteiger partial charge in [0.1, 0.15) is 6.61 Å². The number of rotatable bonds is 8. The first-order valence-corrected chi connectivity index (χ1v) is 9.50. The number of nitrogens with zero attached hydrogens (tertiary/aromatic N) is 3. The third kappa shape index (κ3) is 5.69. The number of hydrogen-bond donors (Lipinski definition) is 1. The average molecular weight is 366 g/mol. The molecule has 1 aromatic rings. The highest BCUT2D eigenvalue weighted by Crippen LogP contribution is 2.20. The molecular weight excluding hydrogens is 336 g/mol. The third-order valence-corrected chi connectivity index (χ3v) is 5.00. The van der Waals surface area contributed by atoms with Crippen LogP contribution < -0.4 is 5.32 Å². The monoisotopic (exact) mass is 366 g/mol. The minimum atomic E-state index is -0.335. The van der Waals surface area contributed by atoms with Crippen LogP contribution >= 0.6 is 0 Å². The largest absolute Gasteiger partial charge is 0.448 e. The zero-order valence-electron chi connectivity index (χ0n) is 15.6. The number of nitrogens with one attached hydrogen (secondary N) is 1. The molecule has 146 valence electrons. The number of amides is 1. The smallest absolute Gasteiger partial charge is 0.407 e. The molecule has 26 heavy (non-hydrogen) atoms. The first-order chi connectivity index (χ1) is 12.7. The maximum atomic E-state index is 12.0. The Kier molecular flexibility index (Phi) is 7.28. The van der Waals surface area contributed by atoms with E-state index in [0.717, 1.165) is 32.5 Å². The van der Waals surface area contributed by atoms with E-state index < -0.39 is 0 Å². The van der Waals surface area contributed by atoms with Gasteiger partial charge in [-0.1, -0.05) is 6.42 Å². The van der Waals surface area contributed by atoms with E-state index in [1.54, 1.807) is 7.11 Å². The molecule has 2 aliphatic heterocycles. The molecular formula is C18H30N4O4. The Labute approximate surface area is 154 Å². The van der Waals surface area contributed by atoms with Crippen molar-refractivity contribution in [3.63, 3.8) is 0 Å². The number of hydrogen-bond acceptors (Lipinski definition) is 6. The lowest BCUT2D eigenvalue weighted by atomic mass is 10.0. The standard InChI is InChI=1S/C18H30N4O4/c1-24-9-7-22-12-15(10-19-22)11-21-6-3-2-4-17(21)14-26-18(23)20-16-5-8-25-13-16/h10,12,16-17H,2-9,11,13-14H2,1H3,(H,20,23). The van der Waals surface area contributed by atoms with Crippen molar-refractivity contribution in [3.05, 3.63) is 18.0 Å². The van der Waals surface area contributed by atoms with Gasteiger partial charge < -0.3 is 19.5 Å². The Bertz CT molecular complexity index is 559. The minimum Gasteiger partial charge on any atom is -0.448 e. The van der Waals surface area contributed by atoms with Gasteiger partial charge in [0, 0.05) is 38.1 Å². The van der Waals surface area contributed by atoms with E-state index in [0.29, 0.717) is 26.4 Å². The molecule has 2 saturated heterocycles. The van der Waals surface area contributed by atoms with E-state index in [2.05, 4.69) is 21.5 Å². The van der Waals surface area contributed by atoms with Crippen molar-refractivity contribution >= 4 is 6.09 Å². The van der Waals surface area contributed by atoms with Gasteiger partial charge in [-0.25, -0.2) is 4.79 Å². The second-order valence-electron chi connectivity index (χ2n) is 7.03. The molecule has 0 saturated carbocycles. The van der Waals surface area contributed by atoms with Gasteiger partial charge in [-0.2, -0.15) is 5.10 Å². The topological polar surface area (TPSA) is 77.9 Å². The molecule has 8 heteroatoms. The number of methoxy groups -OCH3 is 1. The summed E-state index contributed by atoms with van der Waals surface area (Å²) in [4.78, 5) is 14.4. The van der Waals surface area contributed by atoms with Crippen molar-refractivity contribution < 1.29 is 19.0 Å². The fraction of sp³-hybridized carbons (Fsp3) is 0.778. The van der Waals surface area contributed by atoms with Crippen LogP contribution in [0, 0.1) is 0 Å². The van der Waals surface area contributed by atoms with Crippen LogP contribution in [0.15, 0.2) is 12.4 Å². The van der Waals surface area contributed by atoms with Gasteiger partial charge in [0.15, 0.2) is 0 Å². The Hall–Kier alpha value is -1.64. The van der Waals surface area contributed by atoms with Crippen molar-refractivity contribution in [2.75, 3.05) is 40.1 Å². The van der Waals surface area contributed by atoms with Gasteiger partial charge in [0.2, 0.25) is 0 Å². The van der Waals surface area contributed by atoms with E-state index in [9.17, 15) is 4.79 Å². The van der Waals surface area contributed by atoms with Crippen LogP contribution in [-0.2, 0) is 27.3 Å². The van der Waals surface area contributed by atoms with Crippen LogP contribution in [0.2, 0.25) is 0 Å². The van der Waals surface area contributed by atoms with Crippen LogP contribution in [0.25, 0.3) is 0 Å². The summed E-state index contributed by atoms with van der Waals surface area (Å²) in [5, 5.41) is 7.25. The van der Waals surface area contributed by atoms with Crippen molar-refractivity contribution in [3.8, 4) is 0 Å². The highest BCUT2D eigenvalue weighted by atomic mass is 16.6. The highest BCUT2D eigenvalue weighted by molar-refractivity contribution is 5.67. The zero-order valence-corrected chi connectivity index (χ0v) is 15.6. The van der Waals surface area contributed by atoms with Crippen molar-refractivity contribution in [1.82, 2.24) is 20.0 Å². The second kappa shape index (κ2) is 9.89. The molecule has 1 N–H and O–H groups in total. The third-order valence-electron chi connectivity index (χ3n) is 5.00. The van der Waals surface area contributed by atoms with Gasteiger partial charge in [-0.15, -0.1) is 0 Å². The Morgan fingerprint density at radius 2 is 2.35 bits per heavy atom. The fourth-order valence-corrected chi connectivity index (χ4v) is 3.52. The Balaban J connectivity index is 1.46. The van der Waals surface area contributed by atoms with E-state index in [1.165, 1.54) is 18.4 Å². The summed E-state index contributed by atoms with van der Waals surface area (Å²) in [5.74, 6) is 0. The summed E-state index contributed by atoms with van der Waals surface area (Å²) in [5.41, 5.74) is 1.18. The maximum Gasteiger partial charge on any atom is 0.407 e. The Morgan fingerprint density at radius 3 is 3.15 bits per heavy atom. The number of aromatic nitrogens is 2. The highest BCUT2D eigenvalue weighted by Gasteiger charge is 2.25. The van der Waals surface area contributed by atoms with Gasteiger partial charge in [-0.3, -0.25) is 9.58 Å². The van der Waals surface area contributed by atoms with E-state index in [-0.39, 0.29) is 18.2 Å². The van der Waals surface area contributed by atoms with Gasteiger partial charge in [0.05, 0.1) is 32.0 Å². The summed E-state index contributed by atoms with van der Waals surface area (Å²) in [6.07, 6.45) is 7.91. The van der Waals surface area contributed by atoms with Crippen molar-refractivity contribution in [1.29, 1.82) is 0 Å². The molecule has 3 rings (SSSR count). The SMILES string of the molecule is COCCn1cc(CN2CCCCC2COC(=O)NC2CCOC2)cn1. The summed E-state index contributed by atoms with van der Waals surface area (Å²) < 4.78 is 17.8. The summed E-state index contributed by atoms with van der Waals surface area (Å²) in [7, 11) is 1.69. The molecule has 3 heterocycles. The molecule has 2 aliphatic rings. The number of alkyl carbamates (subject to hydrolysis) is 1. The summed E-state index contributed by atoms with van der Waals surface area (Å²) in [6.45, 7) is 4.99. The predicted octanol–water partition coefficient (Wildman–Crippen LogP) is 1.40. The normalized spacial score (nSPS) is 23.9. The van der Waals surface area contributed by atoms with E-state index >= 15 is 0 Å². The quantitative estimate of drug-likeness (QED) is 0.749. The first kappa shape index (κ1) is 19.1. The number of carbonyl (C=O) groups is 1. The molecule has 8 nitrogen and oxygen atoms in total. The molecule has 0 spiro atoms.